The maximum atomic E-state index is 14.3. The van der Waals surface area contributed by atoms with E-state index in [9.17, 15) is 16.8 Å². The lowest BCUT2D eigenvalue weighted by atomic mass is 9.69. The molecule has 0 saturated carbocycles. The number of rotatable bonds is 14. The van der Waals surface area contributed by atoms with Crippen molar-refractivity contribution in [2.75, 3.05) is 63.4 Å². The molecule has 0 unspecified atom stereocenters. The number of nitrogens with zero attached hydrogens (tertiary/aromatic N) is 8. The Balaban J connectivity index is 0.000000157. The molecule has 6 aliphatic heterocycles. The van der Waals surface area contributed by atoms with Gasteiger partial charge in [-0.2, -0.15) is 10.2 Å². The standard InChI is InChI=1S/2C34H38N4O3S/c2*1-25-14-16-29(17-15-25)42(39,40)38-20-18-34-30-12-6-7-13-31(30)36(23-26-9-4-3-5-10-26)32(34)21-27(22-33(34)38)35-37-19-8-11-28(37)24-41-2/h2*3-7,9-10,12-17,22,28,32H,8,11,18-21,23-24H2,1-2H3/b2*35-27+/t2*28-,32+,34+/m11/s1. The molecular weight excluding hydrogens is 1090 g/mol. The minimum absolute atomic E-state index is 0.0514. The van der Waals surface area contributed by atoms with Crippen molar-refractivity contribution >= 4 is 42.8 Å². The average Bonchev–Trinajstić information content (AvgIpc) is 1.97. The summed E-state index contributed by atoms with van der Waals surface area (Å²) in [4.78, 5) is 5.68. The molecule has 0 N–H and O–H groups in total. The lowest BCUT2D eigenvalue weighted by Crippen LogP contribution is -2.49. The number of allylic oxidation sites excluding steroid dienone is 2. The van der Waals surface area contributed by atoms with Gasteiger partial charge in [-0.25, -0.2) is 16.8 Å². The molecule has 16 heteroatoms. The van der Waals surface area contributed by atoms with Crippen molar-refractivity contribution in [1.29, 1.82) is 0 Å². The molecule has 436 valence electrons. The first-order chi connectivity index (χ1) is 40.8. The largest absolute Gasteiger partial charge is 0.382 e. The third kappa shape index (κ3) is 9.70. The molecule has 2 aliphatic carbocycles. The normalized spacial score (nSPS) is 25.9. The van der Waals surface area contributed by atoms with Gasteiger partial charge in [0.05, 0.1) is 69.4 Å². The predicted octanol–water partition coefficient (Wildman–Crippen LogP) is 10.9. The van der Waals surface area contributed by atoms with Crippen LogP contribution in [0.3, 0.4) is 0 Å². The Morgan fingerprint density at radius 2 is 0.869 bits per heavy atom. The number of hydrogen-bond acceptors (Lipinski definition) is 12. The third-order valence-electron chi connectivity index (χ3n) is 19.1. The van der Waals surface area contributed by atoms with Gasteiger partial charge in [-0.3, -0.25) is 18.6 Å². The van der Waals surface area contributed by atoms with E-state index < -0.39 is 30.9 Å². The van der Waals surface area contributed by atoms with E-state index in [-0.39, 0.29) is 24.2 Å². The zero-order valence-electron chi connectivity index (χ0n) is 48.6. The van der Waals surface area contributed by atoms with Gasteiger partial charge in [-0.15, -0.1) is 0 Å². The van der Waals surface area contributed by atoms with Crippen LogP contribution < -0.4 is 9.80 Å². The molecule has 14 rings (SSSR count). The van der Waals surface area contributed by atoms with Gasteiger partial charge in [0.2, 0.25) is 0 Å². The van der Waals surface area contributed by atoms with Gasteiger partial charge in [0.25, 0.3) is 20.0 Å². The Kier molecular flexibility index (Phi) is 15.1. The van der Waals surface area contributed by atoms with Crippen LogP contribution in [0.25, 0.3) is 0 Å². The van der Waals surface area contributed by atoms with E-state index in [4.69, 9.17) is 19.7 Å². The van der Waals surface area contributed by atoms with E-state index in [1.807, 2.05) is 50.2 Å². The number of fused-ring (bicyclic) bond motifs is 2. The zero-order valence-corrected chi connectivity index (χ0v) is 50.3. The summed E-state index contributed by atoms with van der Waals surface area (Å²) in [6.45, 7) is 9.39. The average molecular weight is 1170 g/mol. The Hall–Kier alpha value is -7.24. The van der Waals surface area contributed by atoms with Crippen LogP contribution in [-0.4, -0.2) is 125 Å². The highest BCUT2D eigenvalue weighted by Crippen LogP contribution is 2.61. The van der Waals surface area contributed by atoms with Gasteiger partial charge in [0, 0.05) is 89.1 Å². The van der Waals surface area contributed by atoms with Crippen LogP contribution in [0.2, 0.25) is 0 Å². The Labute approximate surface area is 496 Å². The molecule has 8 aliphatic rings. The first-order valence-corrected chi connectivity index (χ1v) is 32.8. The summed E-state index contributed by atoms with van der Waals surface area (Å²) in [7, 11) is -4.04. The molecule has 14 nitrogen and oxygen atoms in total. The minimum atomic E-state index is -3.76. The van der Waals surface area contributed by atoms with Crippen LogP contribution >= 0.6 is 0 Å². The Morgan fingerprint density at radius 1 is 0.488 bits per heavy atom. The quantitative estimate of drug-likeness (QED) is 0.104. The van der Waals surface area contributed by atoms with Crippen molar-refractivity contribution in [2.45, 2.75) is 123 Å². The number of anilines is 2. The summed E-state index contributed by atoms with van der Waals surface area (Å²) >= 11 is 0. The van der Waals surface area contributed by atoms with Crippen LogP contribution in [0, 0.1) is 13.8 Å². The summed E-state index contributed by atoms with van der Waals surface area (Å²) < 4.78 is 71.4. The van der Waals surface area contributed by atoms with Crippen LogP contribution in [0.5, 0.6) is 0 Å². The molecule has 2 spiro atoms. The molecule has 6 heterocycles. The minimum Gasteiger partial charge on any atom is -0.382 e. The van der Waals surface area contributed by atoms with Crippen LogP contribution in [0.1, 0.15) is 84.7 Å². The number of aryl methyl sites for hydroxylation is 2. The SMILES string of the molecule is COC[C@H]1CCCN1/N=C1/C=C2N(S(=O)(=O)c3ccc(C)cc3)CC[C@@]23c2ccccc2N(Cc2ccccc2)[C@H]3C1.COC[C@H]1CCCN1/N=C1/C=C2N(S(=O)(=O)c3ccc(C)cc3)CC[C@@]23c2ccccc2N(Cc2ccccc2)[C@H]3C1. The van der Waals surface area contributed by atoms with Gasteiger partial charge < -0.3 is 19.3 Å². The molecule has 0 bridgehead atoms. The van der Waals surface area contributed by atoms with Gasteiger partial charge in [0.15, 0.2) is 0 Å². The van der Waals surface area contributed by atoms with Crippen molar-refractivity contribution in [3.8, 4) is 0 Å². The number of ether oxygens (including phenoxy) is 2. The second-order valence-electron chi connectivity index (χ2n) is 24.0. The topological polar surface area (TPSA) is 131 Å². The van der Waals surface area contributed by atoms with Crippen molar-refractivity contribution in [3.05, 3.63) is 215 Å². The third-order valence-corrected chi connectivity index (χ3v) is 22.7. The molecule has 6 aromatic rings. The smallest absolute Gasteiger partial charge is 0.264 e. The second-order valence-corrected chi connectivity index (χ2v) is 27.7. The monoisotopic (exact) mass is 1160 g/mol. The number of benzene rings is 6. The van der Waals surface area contributed by atoms with E-state index in [2.05, 4.69) is 129 Å². The maximum absolute atomic E-state index is 14.3. The van der Waals surface area contributed by atoms with Crippen molar-refractivity contribution in [1.82, 2.24) is 18.6 Å². The van der Waals surface area contributed by atoms with E-state index in [0.717, 1.165) is 111 Å². The lowest BCUT2D eigenvalue weighted by Gasteiger charge is -2.41. The van der Waals surface area contributed by atoms with E-state index >= 15 is 0 Å². The number of hydrogen-bond donors (Lipinski definition) is 0. The molecule has 0 amide bonds. The second kappa shape index (κ2) is 22.6. The number of hydrazone groups is 2. The van der Waals surface area contributed by atoms with Crippen LogP contribution in [0.4, 0.5) is 11.4 Å². The highest BCUT2D eigenvalue weighted by Gasteiger charge is 2.62. The number of methoxy groups -OCH3 is 2. The summed E-state index contributed by atoms with van der Waals surface area (Å²) in [5.41, 5.74) is 12.1. The number of para-hydroxylation sites is 2. The molecule has 0 radical (unpaired) electrons. The van der Waals surface area contributed by atoms with Gasteiger partial charge in [-0.1, -0.05) is 132 Å². The summed E-state index contributed by atoms with van der Waals surface area (Å²) in [5, 5.41) is 14.7. The fraction of sp³-hybridized carbons (Fsp3) is 0.382. The van der Waals surface area contributed by atoms with Crippen molar-refractivity contribution in [2.24, 2.45) is 10.2 Å². The van der Waals surface area contributed by atoms with Crippen molar-refractivity contribution < 1.29 is 26.3 Å². The molecule has 4 fully saturated rings. The van der Waals surface area contributed by atoms with Crippen molar-refractivity contribution in [3.63, 3.8) is 0 Å². The molecule has 6 aromatic carbocycles. The van der Waals surface area contributed by atoms with Crippen LogP contribution in [-0.2, 0) is 53.4 Å². The lowest BCUT2D eigenvalue weighted by molar-refractivity contribution is 0.117. The van der Waals surface area contributed by atoms with Gasteiger partial charge in [-0.05, 0) is 123 Å². The van der Waals surface area contributed by atoms with Crippen LogP contribution in [0.15, 0.2) is 201 Å². The molecule has 6 atom stereocenters. The Morgan fingerprint density at radius 3 is 1.26 bits per heavy atom. The highest BCUT2D eigenvalue weighted by molar-refractivity contribution is 7.89. The number of sulfonamides is 2. The summed E-state index contributed by atoms with van der Waals surface area (Å²) in [5.74, 6) is 0. The summed E-state index contributed by atoms with van der Waals surface area (Å²) in [6, 6.07) is 53.3. The maximum Gasteiger partial charge on any atom is 0.264 e. The Bertz CT molecular complexity index is 3520. The molecule has 0 aromatic heterocycles. The van der Waals surface area contributed by atoms with E-state index in [1.165, 1.54) is 33.6 Å². The van der Waals surface area contributed by atoms with Gasteiger partial charge in [0.1, 0.15) is 0 Å². The molecule has 4 saturated heterocycles. The predicted molar refractivity (Wildman–Crippen MR) is 332 cm³/mol. The molecule has 84 heavy (non-hydrogen) atoms. The first-order valence-electron chi connectivity index (χ1n) is 29.9. The summed E-state index contributed by atoms with van der Waals surface area (Å²) in [6.07, 6.45) is 11.4. The zero-order chi connectivity index (χ0) is 57.8. The fourth-order valence-electron chi connectivity index (χ4n) is 15.2. The fourth-order valence-corrected chi connectivity index (χ4v) is 18.3. The highest BCUT2D eigenvalue weighted by atomic mass is 32.2. The van der Waals surface area contributed by atoms with E-state index in [1.54, 1.807) is 47.1 Å². The molecular formula is C68H76N8O6S2. The first kappa shape index (κ1) is 55.9. The van der Waals surface area contributed by atoms with E-state index in [0.29, 0.717) is 36.1 Å². The van der Waals surface area contributed by atoms with Gasteiger partial charge >= 0.3 is 0 Å².